The van der Waals surface area contributed by atoms with Crippen LogP contribution in [-0.4, -0.2) is 84.9 Å². The predicted octanol–water partition coefficient (Wildman–Crippen LogP) is 1.20. The van der Waals surface area contributed by atoms with E-state index in [0.29, 0.717) is 22.2 Å². The standard InChI is InChI=1S/C25H28ClN7O5S2/c26-18-6-1-5-17-16(18)4-2-8-20(17)40(37,38)33-12-11-32(22(35)15-33)14-21(34)31-19(7-3-9-30-25(27)28)23(36)24-29-10-13-39-24/h1-2,4-6,8,10,13,19H,3,7,9,11-12,14-15H2,(H,31,34)(H4,27,28,30). The Morgan fingerprint density at radius 1 is 1.15 bits per heavy atom. The van der Waals surface area contributed by atoms with Crippen LogP contribution in [0, 0.1) is 0 Å². The Hall–Kier alpha value is -3.59. The maximum absolute atomic E-state index is 13.5. The van der Waals surface area contributed by atoms with Gasteiger partial charge in [-0.25, -0.2) is 13.4 Å². The van der Waals surface area contributed by atoms with Gasteiger partial charge < -0.3 is 21.7 Å². The molecule has 1 saturated heterocycles. The van der Waals surface area contributed by atoms with E-state index in [4.69, 9.17) is 23.1 Å². The highest BCUT2D eigenvalue weighted by Crippen LogP contribution is 2.30. The van der Waals surface area contributed by atoms with Gasteiger partial charge in [0.2, 0.25) is 27.6 Å². The number of hydrogen-bond acceptors (Lipinski definition) is 8. The number of ketones is 1. The van der Waals surface area contributed by atoms with Gasteiger partial charge in [0.05, 0.1) is 24.0 Å². The molecule has 212 valence electrons. The van der Waals surface area contributed by atoms with E-state index in [0.717, 1.165) is 15.6 Å². The molecule has 12 nitrogen and oxygen atoms in total. The number of nitrogens with one attached hydrogen (secondary N) is 1. The normalized spacial score (nSPS) is 15.1. The molecule has 1 aliphatic rings. The van der Waals surface area contributed by atoms with Crippen molar-refractivity contribution in [2.24, 2.45) is 16.5 Å². The summed E-state index contributed by atoms with van der Waals surface area (Å²) >= 11 is 7.40. The number of guanidine groups is 1. The van der Waals surface area contributed by atoms with Crippen LogP contribution in [-0.2, 0) is 19.6 Å². The number of carbonyl (C=O) groups excluding carboxylic acids is 3. The summed E-state index contributed by atoms with van der Waals surface area (Å²) in [5, 5.41) is 6.06. The molecule has 15 heteroatoms. The lowest BCUT2D eigenvalue weighted by atomic mass is 10.1. The van der Waals surface area contributed by atoms with Gasteiger partial charge in [-0.1, -0.05) is 35.9 Å². The zero-order valence-corrected chi connectivity index (χ0v) is 23.7. The number of halogens is 1. The Morgan fingerprint density at radius 2 is 1.90 bits per heavy atom. The summed E-state index contributed by atoms with van der Waals surface area (Å²) < 4.78 is 28.0. The number of carbonyl (C=O) groups is 3. The zero-order valence-electron chi connectivity index (χ0n) is 21.3. The number of nitrogens with zero attached hydrogens (tertiary/aromatic N) is 4. The fourth-order valence-corrected chi connectivity index (χ4v) is 6.80. The van der Waals surface area contributed by atoms with Gasteiger partial charge in [0.25, 0.3) is 0 Å². The van der Waals surface area contributed by atoms with Crippen molar-refractivity contribution in [1.82, 2.24) is 19.5 Å². The molecule has 0 saturated carbocycles. The average molecular weight is 606 g/mol. The molecular formula is C25H28ClN7O5S2. The first-order valence-electron chi connectivity index (χ1n) is 12.3. The monoisotopic (exact) mass is 605 g/mol. The molecule has 1 aliphatic heterocycles. The molecule has 0 spiro atoms. The quantitative estimate of drug-likeness (QED) is 0.126. The van der Waals surface area contributed by atoms with Crippen LogP contribution >= 0.6 is 22.9 Å². The van der Waals surface area contributed by atoms with Gasteiger partial charge in [0.15, 0.2) is 11.0 Å². The van der Waals surface area contributed by atoms with Crippen molar-refractivity contribution in [2.45, 2.75) is 23.8 Å². The molecule has 1 aromatic heterocycles. The van der Waals surface area contributed by atoms with E-state index in [2.05, 4.69) is 15.3 Å². The molecule has 0 radical (unpaired) electrons. The number of aliphatic imine (C=N–C) groups is 1. The second-order valence-electron chi connectivity index (χ2n) is 9.02. The number of nitrogens with two attached hydrogens (primary N) is 2. The average Bonchev–Trinajstić information content (AvgIpc) is 3.46. The summed E-state index contributed by atoms with van der Waals surface area (Å²) in [6.07, 6.45) is 2.18. The lowest BCUT2D eigenvalue weighted by Gasteiger charge is -2.33. The first kappa shape index (κ1) is 29.4. The summed E-state index contributed by atoms with van der Waals surface area (Å²) in [6.45, 7) is -0.471. The summed E-state index contributed by atoms with van der Waals surface area (Å²) in [5.41, 5.74) is 10.7. The van der Waals surface area contributed by atoms with Crippen LogP contribution in [0.3, 0.4) is 0 Å². The molecule has 0 aliphatic carbocycles. The molecule has 2 aromatic carbocycles. The molecule has 0 bridgehead atoms. The summed E-state index contributed by atoms with van der Waals surface area (Å²) in [6, 6.07) is 8.92. The van der Waals surface area contributed by atoms with Crippen molar-refractivity contribution in [3.63, 3.8) is 0 Å². The lowest BCUT2D eigenvalue weighted by molar-refractivity contribution is -0.138. The molecule has 5 N–H and O–H groups in total. The number of hydrogen-bond donors (Lipinski definition) is 3. The van der Waals surface area contributed by atoms with E-state index in [1.54, 1.807) is 35.7 Å². The number of aromatic nitrogens is 1. The number of benzene rings is 2. The highest BCUT2D eigenvalue weighted by Gasteiger charge is 2.35. The Labute approximate surface area is 240 Å². The van der Waals surface area contributed by atoms with E-state index in [1.807, 2.05) is 0 Å². The van der Waals surface area contributed by atoms with Gasteiger partial charge in [0.1, 0.15) is 0 Å². The van der Waals surface area contributed by atoms with E-state index < -0.39 is 34.4 Å². The second kappa shape index (κ2) is 12.7. The van der Waals surface area contributed by atoms with Gasteiger partial charge in [-0.3, -0.25) is 19.4 Å². The fourth-order valence-electron chi connectivity index (χ4n) is 4.35. The van der Waals surface area contributed by atoms with Crippen molar-refractivity contribution in [3.05, 3.63) is 58.0 Å². The van der Waals surface area contributed by atoms with Gasteiger partial charge in [-0.15, -0.1) is 11.3 Å². The highest BCUT2D eigenvalue weighted by atomic mass is 35.5. The third-order valence-corrected chi connectivity index (χ3v) is 9.33. The second-order valence-corrected chi connectivity index (χ2v) is 12.2. The Bertz CT molecular complexity index is 1540. The van der Waals surface area contributed by atoms with Crippen molar-refractivity contribution < 1.29 is 22.8 Å². The highest BCUT2D eigenvalue weighted by molar-refractivity contribution is 7.89. The Balaban J connectivity index is 1.41. The fraction of sp³-hybridized carbons (Fsp3) is 0.320. The number of piperazine rings is 1. The van der Waals surface area contributed by atoms with E-state index in [1.165, 1.54) is 17.2 Å². The minimum atomic E-state index is -4.02. The lowest BCUT2D eigenvalue weighted by Crippen LogP contribution is -2.55. The predicted molar refractivity (Wildman–Crippen MR) is 153 cm³/mol. The summed E-state index contributed by atoms with van der Waals surface area (Å²) in [5.74, 6) is -1.51. The van der Waals surface area contributed by atoms with Crippen molar-refractivity contribution >= 4 is 67.3 Å². The number of Topliss-reactive ketones (excluding diaryl/α,β-unsaturated/α-hetero) is 1. The van der Waals surface area contributed by atoms with Gasteiger partial charge >= 0.3 is 0 Å². The largest absolute Gasteiger partial charge is 0.370 e. The van der Waals surface area contributed by atoms with E-state index in [9.17, 15) is 22.8 Å². The number of amides is 2. The molecule has 2 heterocycles. The first-order valence-corrected chi connectivity index (χ1v) is 15.0. The Kier molecular flexibility index (Phi) is 9.35. The number of fused-ring (bicyclic) bond motifs is 1. The van der Waals surface area contributed by atoms with Crippen LogP contribution in [0.2, 0.25) is 5.02 Å². The molecule has 1 fully saturated rings. The third kappa shape index (κ3) is 6.75. The first-order chi connectivity index (χ1) is 19.1. The number of thiazole rings is 1. The van der Waals surface area contributed by atoms with Crippen LogP contribution in [0.1, 0.15) is 22.6 Å². The van der Waals surface area contributed by atoms with Gasteiger partial charge in [-0.05, 0) is 25.0 Å². The van der Waals surface area contributed by atoms with Crippen LogP contribution in [0.25, 0.3) is 10.8 Å². The van der Waals surface area contributed by atoms with Crippen molar-refractivity contribution in [2.75, 3.05) is 32.7 Å². The minimum absolute atomic E-state index is 0.00169. The third-order valence-electron chi connectivity index (χ3n) is 6.30. The topological polar surface area (TPSA) is 181 Å². The molecule has 1 atom stereocenters. The van der Waals surface area contributed by atoms with Crippen molar-refractivity contribution in [1.29, 1.82) is 0 Å². The van der Waals surface area contributed by atoms with E-state index >= 15 is 0 Å². The number of sulfonamides is 1. The maximum Gasteiger partial charge on any atom is 0.244 e. The Morgan fingerprint density at radius 3 is 2.60 bits per heavy atom. The van der Waals surface area contributed by atoms with Crippen LogP contribution in [0.4, 0.5) is 0 Å². The summed E-state index contributed by atoms with van der Waals surface area (Å²) in [7, 11) is -4.02. The van der Waals surface area contributed by atoms with Gasteiger partial charge in [-0.2, -0.15) is 4.31 Å². The maximum atomic E-state index is 13.5. The van der Waals surface area contributed by atoms with Crippen molar-refractivity contribution in [3.8, 4) is 0 Å². The molecule has 2 amide bonds. The minimum Gasteiger partial charge on any atom is -0.370 e. The molecule has 4 rings (SSSR count). The smallest absolute Gasteiger partial charge is 0.244 e. The molecule has 3 aromatic rings. The van der Waals surface area contributed by atoms with Gasteiger partial charge in [0, 0.05) is 47.0 Å². The number of rotatable bonds is 11. The SMILES string of the molecule is NC(N)=NCCCC(NC(=O)CN1CCN(S(=O)(=O)c2cccc3c(Cl)cccc23)CC1=O)C(=O)c1nccs1. The van der Waals surface area contributed by atoms with Crippen LogP contribution < -0.4 is 16.8 Å². The molecular weight excluding hydrogens is 578 g/mol. The zero-order chi connectivity index (χ0) is 28.9. The van der Waals surface area contributed by atoms with Crippen LogP contribution in [0.15, 0.2) is 57.9 Å². The van der Waals surface area contributed by atoms with Crippen LogP contribution in [0.5, 0.6) is 0 Å². The summed E-state index contributed by atoms with van der Waals surface area (Å²) in [4.78, 5) is 47.9. The van der Waals surface area contributed by atoms with E-state index in [-0.39, 0.29) is 54.2 Å². The molecule has 40 heavy (non-hydrogen) atoms. The molecule has 1 unspecified atom stereocenters.